The Bertz CT molecular complexity index is 1350. The van der Waals surface area contributed by atoms with Gasteiger partial charge in [0.25, 0.3) is 5.91 Å². The molecule has 0 atom stereocenters. The number of amides is 3. The Labute approximate surface area is 242 Å². The molecule has 0 radical (unpaired) electrons. The van der Waals surface area contributed by atoms with Crippen molar-refractivity contribution in [2.45, 2.75) is 58.8 Å². The highest BCUT2D eigenvalue weighted by Gasteiger charge is 2.34. The second-order valence-electron chi connectivity index (χ2n) is 11.9. The Morgan fingerprint density at radius 2 is 1.61 bits per heavy atom. The maximum Gasteiger partial charge on any atom is 0.257 e. The minimum atomic E-state index is -3.57. The first-order valence-electron chi connectivity index (χ1n) is 14.3. The summed E-state index contributed by atoms with van der Waals surface area (Å²) in [4.78, 5) is 46.7. The molecule has 0 spiro atoms. The van der Waals surface area contributed by atoms with Gasteiger partial charge in [0, 0.05) is 49.9 Å². The van der Waals surface area contributed by atoms with Crippen molar-refractivity contribution < 1.29 is 22.8 Å². The van der Waals surface area contributed by atoms with Crippen LogP contribution in [0.25, 0.3) is 0 Å². The fraction of sp³-hybridized carbons (Fsp3) is 0.533. The van der Waals surface area contributed by atoms with E-state index in [1.165, 1.54) is 6.92 Å². The van der Waals surface area contributed by atoms with Crippen LogP contribution >= 0.6 is 0 Å². The molecule has 1 aliphatic heterocycles. The molecular formula is C30H41N5O5S. The van der Waals surface area contributed by atoms with Crippen LogP contribution in [-0.4, -0.2) is 68.0 Å². The Hall–Kier alpha value is -3.47. The van der Waals surface area contributed by atoms with Crippen LogP contribution < -0.4 is 14.9 Å². The molecule has 41 heavy (non-hydrogen) atoms. The van der Waals surface area contributed by atoms with Gasteiger partial charge in [-0.2, -0.15) is 0 Å². The SMILES string of the molecule is CCS(=O)(=O)NC(=O)[C@H]1CC[C@H](C(=O)N2CCN(c3ccc(C(=O)Nc4cccc(C(C)(C)C)c4)cn3)CC2)CC1. The van der Waals surface area contributed by atoms with Crippen LogP contribution in [0.5, 0.6) is 0 Å². The number of benzene rings is 1. The summed E-state index contributed by atoms with van der Waals surface area (Å²) in [6.45, 7) is 10.3. The normalized spacial score (nSPS) is 19.9. The van der Waals surface area contributed by atoms with E-state index in [9.17, 15) is 22.8 Å². The number of hydrogen-bond acceptors (Lipinski definition) is 7. The van der Waals surface area contributed by atoms with Crippen LogP contribution in [0, 0.1) is 11.8 Å². The van der Waals surface area contributed by atoms with Crippen LogP contribution in [0.1, 0.15) is 69.3 Å². The summed E-state index contributed by atoms with van der Waals surface area (Å²) in [5.74, 6) is -0.477. The van der Waals surface area contributed by atoms with Gasteiger partial charge in [-0.05, 0) is 67.9 Å². The molecule has 11 heteroatoms. The lowest BCUT2D eigenvalue weighted by Crippen LogP contribution is -2.51. The molecule has 1 aromatic heterocycles. The molecule has 2 heterocycles. The second kappa shape index (κ2) is 12.6. The number of carbonyl (C=O) groups is 3. The summed E-state index contributed by atoms with van der Waals surface area (Å²) in [6, 6.07) is 11.5. The van der Waals surface area contributed by atoms with Crippen LogP contribution in [0.3, 0.4) is 0 Å². The lowest BCUT2D eigenvalue weighted by atomic mass is 9.81. The van der Waals surface area contributed by atoms with Gasteiger partial charge in [0.05, 0.1) is 11.3 Å². The predicted octanol–water partition coefficient (Wildman–Crippen LogP) is 3.55. The lowest BCUT2D eigenvalue weighted by Gasteiger charge is -2.38. The molecule has 0 unspecified atom stereocenters. The summed E-state index contributed by atoms with van der Waals surface area (Å²) in [5.41, 5.74) is 2.34. The molecule has 1 aromatic carbocycles. The van der Waals surface area contributed by atoms with Crippen molar-refractivity contribution in [3.63, 3.8) is 0 Å². The van der Waals surface area contributed by atoms with Crippen molar-refractivity contribution in [3.8, 4) is 0 Å². The molecule has 2 fully saturated rings. The highest BCUT2D eigenvalue weighted by molar-refractivity contribution is 7.90. The van der Waals surface area contributed by atoms with Gasteiger partial charge in [-0.3, -0.25) is 19.1 Å². The molecule has 3 amide bonds. The lowest BCUT2D eigenvalue weighted by molar-refractivity contribution is -0.138. The zero-order valence-electron chi connectivity index (χ0n) is 24.4. The number of piperazine rings is 1. The Morgan fingerprint density at radius 1 is 0.951 bits per heavy atom. The molecule has 222 valence electrons. The van der Waals surface area contributed by atoms with E-state index in [-0.39, 0.29) is 34.8 Å². The zero-order valence-corrected chi connectivity index (χ0v) is 25.2. The van der Waals surface area contributed by atoms with E-state index in [2.05, 4.69) is 46.8 Å². The number of nitrogens with one attached hydrogen (secondary N) is 2. The van der Waals surface area contributed by atoms with Crippen LogP contribution in [-0.2, 0) is 25.0 Å². The molecule has 1 saturated heterocycles. The number of carbonyl (C=O) groups excluding carboxylic acids is 3. The summed E-state index contributed by atoms with van der Waals surface area (Å²) in [6.07, 6.45) is 3.75. The average molecular weight is 584 g/mol. The minimum absolute atomic E-state index is 0.0165. The first-order chi connectivity index (χ1) is 19.4. The van der Waals surface area contributed by atoms with Gasteiger partial charge < -0.3 is 15.1 Å². The maximum absolute atomic E-state index is 13.1. The fourth-order valence-corrected chi connectivity index (χ4v) is 5.92. The van der Waals surface area contributed by atoms with Crippen molar-refractivity contribution in [2.75, 3.05) is 42.1 Å². The van der Waals surface area contributed by atoms with E-state index in [0.717, 1.165) is 17.1 Å². The molecular weight excluding hydrogens is 542 g/mol. The smallest absolute Gasteiger partial charge is 0.257 e. The standard InChI is InChI=1S/C30H41N5O5S/c1-5-41(39,40)33-28(37)21-9-11-22(12-10-21)29(38)35-17-15-34(16-18-35)26-14-13-23(20-31-26)27(36)32-25-8-6-7-24(19-25)30(2,3)4/h6-8,13-14,19-22H,5,9-12,15-18H2,1-4H3,(H,32,36)(H,33,37)/t21-,22-. The van der Waals surface area contributed by atoms with E-state index in [1.807, 2.05) is 29.2 Å². The van der Waals surface area contributed by atoms with Gasteiger partial charge in [0.15, 0.2) is 0 Å². The summed E-state index contributed by atoms with van der Waals surface area (Å²) in [5, 5.41) is 2.95. The number of nitrogens with zero attached hydrogens (tertiary/aromatic N) is 3. The first-order valence-corrected chi connectivity index (χ1v) is 16.0. The quantitative estimate of drug-likeness (QED) is 0.510. The van der Waals surface area contributed by atoms with Gasteiger partial charge in [0.1, 0.15) is 5.82 Å². The maximum atomic E-state index is 13.1. The number of hydrogen-bond donors (Lipinski definition) is 2. The molecule has 1 saturated carbocycles. The summed E-state index contributed by atoms with van der Waals surface area (Å²) < 4.78 is 25.5. The number of pyridine rings is 1. The second-order valence-corrected chi connectivity index (χ2v) is 13.9. The van der Waals surface area contributed by atoms with E-state index >= 15 is 0 Å². The van der Waals surface area contributed by atoms with Gasteiger partial charge in [-0.25, -0.2) is 13.4 Å². The highest BCUT2D eigenvalue weighted by Crippen LogP contribution is 2.31. The summed E-state index contributed by atoms with van der Waals surface area (Å²) in [7, 11) is -3.57. The van der Waals surface area contributed by atoms with Crippen molar-refractivity contribution in [1.29, 1.82) is 0 Å². The molecule has 2 aliphatic rings. The summed E-state index contributed by atoms with van der Waals surface area (Å²) >= 11 is 0. The van der Waals surface area contributed by atoms with Crippen LogP contribution in [0.2, 0.25) is 0 Å². The van der Waals surface area contributed by atoms with Crippen LogP contribution in [0.4, 0.5) is 11.5 Å². The van der Waals surface area contributed by atoms with E-state index in [0.29, 0.717) is 57.4 Å². The fourth-order valence-electron chi connectivity index (χ4n) is 5.30. The Balaban J connectivity index is 1.25. The third-order valence-corrected chi connectivity index (χ3v) is 9.27. The molecule has 10 nitrogen and oxygen atoms in total. The predicted molar refractivity (Wildman–Crippen MR) is 159 cm³/mol. The van der Waals surface area contributed by atoms with Gasteiger partial charge in [0.2, 0.25) is 21.8 Å². The van der Waals surface area contributed by atoms with E-state index in [4.69, 9.17) is 0 Å². The van der Waals surface area contributed by atoms with Gasteiger partial charge in [-0.15, -0.1) is 0 Å². The minimum Gasteiger partial charge on any atom is -0.353 e. The van der Waals surface area contributed by atoms with Crippen molar-refractivity contribution in [3.05, 3.63) is 53.7 Å². The monoisotopic (exact) mass is 583 g/mol. The van der Waals surface area contributed by atoms with Crippen molar-refractivity contribution >= 4 is 39.3 Å². The number of anilines is 2. The molecule has 0 bridgehead atoms. The topological polar surface area (TPSA) is 129 Å². The Morgan fingerprint density at radius 3 is 2.20 bits per heavy atom. The van der Waals surface area contributed by atoms with Gasteiger partial charge in [-0.1, -0.05) is 32.9 Å². The Kier molecular flexibility index (Phi) is 9.36. The molecule has 2 N–H and O–H groups in total. The van der Waals surface area contributed by atoms with Gasteiger partial charge >= 0.3 is 0 Å². The largest absolute Gasteiger partial charge is 0.353 e. The zero-order chi connectivity index (χ0) is 29.8. The van der Waals surface area contributed by atoms with E-state index < -0.39 is 15.9 Å². The van der Waals surface area contributed by atoms with Crippen LogP contribution in [0.15, 0.2) is 42.6 Å². The highest BCUT2D eigenvalue weighted by atomic mass is 32.2. The molecule has 2 aromatic rings. The number of rotatable bonds is 7. The molecule has 1 aliphatic carbocycles. The number of sulfonamides is 1. The van der Waals surface area contributed by atoms with Crippen molar-refractivity contribution in [1.82, 2.24) is 14.6 Å². The molecule has 4 rings (SSSR count). The number of aromatic nitrogens is 1. The third-order valence-electron chi connectivity index (χ3n) is 8.00. The average Bonchev–Trinajstić information content (AvgIpc) is 2.96. The third kappa shape index (κ3) is 7.84. The van der Waals surface area contributed by atoms with E-state index in [1.54, 1.807) is 12.3 Å². The van der Waals surface area contributed by atoms with Crippen molar-refractivity contribution in [2.24, 2.45) is 11.8 Å². The first kappa shape index (κ1) is 30.5.